The van der Waals surface area contributed by atoms with Crippen LogP contribution >= 0.6 is 0 Å². The van der Waals surface area contributed by atoms with E-state index in [9.17, 15) is 0 Å². The monoisotopic (exact) mass is 166 g/mol. The molecule has 12 heavy (non-hydrogen) atoms. The molecule has 0 N–H and O–H groups in total. The Balaban J connectivity index is 2.32. The summed E-state index contributed by atoms with van der Waals surface area (Å²) in [5, 5.41) is 0. The molecular formula is C9H14N2O. The van der Waals surface area contributed by atoms with Crippen LogP contribution in [0.5, 0.6) is 6.01 Å². The van der Waals surface area contributed by atoms with Gasteiger partial charge in [-0.25, -0.2) is 4.98 Å². The van der Waals surface area contributed by atoms with Crippen LogP contribution in [0.1, 0.15) is 31.9 Å². The maximum Gasteiger partial charge on any atom is 0.296 e. The average molecular weight is 166 g/mol. The van der Waals surface area contributed by atoms with E-state index in [2.05, 4.69) is 29.6 Å². The number of aromatic nitrogens is 2. The first-order valence-electron chi connectivity index (χ1n) is 4.47. The Hall–Kier alpha value is -0.990. The Morgan fingerprint density at radius 2 is 2.42 bits per heavy atom. The summed E-state index contributed by atoms with van der Waals surface area (Å²) in [4.78, 5) is 4.39. The van der Waals surface area contributed by atoms with Crippen LogP contribution in [0, 0.1) is 0 Å². The zero-order valence-corrected chi connectivity index (χ0v) is 7.58. The summed E-state index contributed by atoms with van der Waals surface area (Å²) in [6.07, 6.45) is 3.19. The molecule has 0 fully saturated rings. The molecule has 0 aliphatic carbocycles. The highest BCUT2D eigenvalue weighted by atomic mass is 16.5. The number of rotatable bonds is 1. The number of imidazole rings is 1. The van der Waals surface area contributed by atoms with Crippen molar-refractivity contribution in [2.75, 3.05) is 6.61 Å². The number of nitrogens with zero attached hydrogens (tertiary/aromatic N) is 2. The molecule has 0 bridgehead atoms. The van der Waals surface area contributed by atoms with Crippen LogP contribution in [0.3, 0.4) is 0 Å². The number of ether oxygens (including phenoxy) is 1. The van der Waals surface area contributed by atoms with Crippen LogP contribution < -0.4 is 4.74 Å². The maximum absolute atomic E-state index is 5.41. The van der Waals surface area contributed by atoms with Crippen LogP contribution in [0.4, 0.5) is 0 Å². The smallest absolute Gasteiger partial charge is 0.296 e. The summed E-state index contributed by atoms with van der Waals surface area (Å²) >= 11 is 0. The average Bonchev–Trinajstić information content (AvgIpc) is 2.46. The number of hydrogen-bond acceptors (Lipinski definition) is 2. The summed E-state index contributed by atoms with van der Waals surface area (Å²) < 4.78 is 7.50. The van der Waals surface area contributed by atoms with Crippen molar-refractivity contribution in [2.24, 2.45) is 0 Å². The van der Waals surface area contributed by atoms with Gasteiger partial charge >= 0.3 is 0 Å². The molecular weight excluding hydrogens is 152 g/mol. The molecule has 0 atom stereocenters. The van der Waals surface area contributed by atoms with Gasteiger partial charge in [-0.05, 0) is 12.3 Å². The molecule has 3 heteroatoms. The largest absolute Gasteiger partial charge is 0.465 e. The molecule has 0 saturated carbocycles. The van der Waals surface area contributed by atoms with E-state index in [0.717, 1.165) is 31.3 Å². The van der Waals surface area contributed by atoms with Crippen LogP contribution in [-0.4, -0.2) is 16.2 Å². The molecule has 1 aromatic rings. The van der Waals surface area contributed by atoms with Gasteiger partial charge in [-0.3, -0.25) is 0 Å². The predicted molar refractivity (Wildman–Crippen MR) is 46.4 cm³/mol. The van der Waals surface area contributed by atoms with Gasteiger partial charge in [0.05, 0.1) is 12.3 Å². The Bertz CT molecular complexity index is 255. The highest BCUT2D eigenvalue weighted by molar-refractivity contribution is 5.12. The van der Waals surface area contributed by atoms with Gasteiger partial charge in [0.1, 0.15) is 0 Å². The maximum atomic E-state index is 5.41. The van der Waals surface area contributed by atoms with E-state index in [4.69, 9.17) is 4.74 Å². The van der Waals surface area contributed by atoms with Gasteiger partial charge in [0.2, 0.25) is 0 Å². The lowest BCUT2D eigenvalue weighted by Crippen LogP contribution is -2.13. The van der Waals surface area contributed by atoms with Gasteiger partial charge in [0.15, 0.2) is 0 Å². The van der Waals surface area contributed by atoms with Crippen LogP contribution in [-0.2, 0) is 6.54 Å². The summed E-state index contributed by atoms with van der Waals surface area (Å²) in [7, 11) is 0. The highest BCUT2D eigenvalue weighted by Gasteiger charge is 2.14. The molecule has 2 rings (SSSR count). The lowest BCUT2D eigenvalue weighted by atomic mass is 10.2. The van der Waals surface area contributed by atoms with Crippen molar-refractivity contribution in [3.63, 3.8) is 0 Å². The topological polar surface area (TPSA) is 27.1 Å². The highest BCUT2D eigenvalue weighted by Crippen LogP contribution is 2.21. The van der Waals surface area contributed by atoms with Crippen molar-refractivity contribution in [2.45, 2.75) is 32.7 Å². The molecule has 2 heterocycles. The zero-order valence-electron chi connectivity index (χ0n) is 7.58. The second kappa shape index (κ2) is 2.81. The molecule has 1 aliphatic rings. The number of fused-ring (bicyclic) bond motifs is 1. The minimum absolute atomic E-state index is 0.492. The van der Waals surface area contributed by atoms with Crippen molar-refractivity contribution >= 4 is 0 Å². The standard InChI is InChI=1S/C9H14N2O/c1-7(2)8-6-11-4-3-5-12-9(11)10-8/h6-7H,3-5H2,1-2H3. The number of hydrogen-bond donors (Lipinski definition) is 0. The summed E-state index contributed by atoms with van der Waals surface area (Å²) in [6.45, 7) is 6.16. The second-order valence-corrected chi connectivity index (χ2v) is 3.50. The van der Waals surface area contributed by atoms with Crippen molar-refractivity contribution in [1.29, 1.82) is 0 Å². The fourth-order valence-electron chi connectivity index (χ4n) is 1.37. The molecule has 3 nitrogen and oxygen atoms in total. The van der Waals surface area contributed by atoms with Crippen LogP contribution in [0.25, 0.3) is 0 Å². The quantitative estimate of drug-likeness (QED) is 0.636. The summed E-state index contributed by atoms with van der Waals surface area (Å²) in [6, 6.07) is 0.796. The van der Waals surface area contributed by atoms with E-state index in [1.165, 1.54) is 0 Å². The van der Waals surface area contributed by atoms with Crippen molar-refractivity contribution in [3.8, 4) is 6.01 Å². The normalized spacial score (nSPS) is 15.9. The first-order valence-corrected chi connectivity index (χ1v) is 4.47. The summed E-state index contributed by atoms with van der Waals surface area (Å²) in [5.41, 5.74) is 1.13. The third-order valence-electron chi connectivity index (χ3n) is 2.12. The Labute approximate surface area is 72.4 Å². The van der Waals surface area contributed by atoms with Crippen molar-refractivity contribution in [3.05, 3.63) is 11.9 Å². The predicted octanol–water partition coefficient (Wildman–Crippen LogP) is 1.79. The Kier molecular flexibility index (Phi) is 1.79. The first-order chi connectivity index (χ1) is 5.77. The van der Waals surface area contributed by atoms with Gasteiger partial charge in [-0.1, -0.05) is 13.8 Å². The lowest BCUT2D eigenvalue weighted by Gasteiger charge is -2.13. The lowest BCUT2D eigenvalue weighted by molar-refractivity contribution is 0.230. The minimum atomic E-state index is 0.492. The van der Waals surface area contributed by atoms with Gasteiger partial charge in [-0.2, -0.15) is 0 Å². The molecule has 0 aromatic carbocycles. The van der Waals surface area contributed by atoms with E-state index < -0.39 is 0 Å². The van der Waals surface area contributed by atoms with E-state index in [-0.39, 0.29) is 0 Å². The molecule has 1 aromatic heterocycles. The van der Waals surface area contributed by atoms with Crippen molar-refractivity contribution in [1.82, 2.24) is 9.55 Å². The van der Waals surface area contributed by atoms with E-state index >= 15 is 0 Å². The second-order valence-electron chi connectivity index (χ2n) is 3.50. The van der Waals surface area contributed by atoms with Gasteiger partial charge < -0.3 is 9.30 Å². The molecule has 1 aliphatic heterocycles. The molecule has 0 saturated heterocycles. The molecule has 0 unspecified atom stereocenters. The third-order valence-corrected chi connectivity index (χ3v) is 2.12. The molecule has 66 valence electrons. The third kappa shape index (κ3) is 1.19. The SMILES string of the molecule is CC(C)c1cn2c(n1)OCCC2. The molecule has 0 amide bonds. The van der Waals surface area contributed by atoms with E-state index in [1.54, 1.807) is 0 Å². The summed E-state index contributed by atoms with van der Waals surface area (Å²) in [5.74, 6) is 0.492. The fourth-order valence-corrected chi connectivity index (χ4v) is 1.37. The van der Waals surface area contributed by atoms with E-state index in [1.807, 2.05) is 0 Å². The fraction of sp³-hybridized carbons (Fsp3) is 0.667. The van der Waals surface area contributed by atoms with Gasteiger partial charge in [-0.15, -0.1) is 0 Å². The van der Waals surface area contributed by atoms with Crippen molar-refractivity contribution < 1.29 is 4.74 Å². The van der Waals surface area contributed by atoms with E-state index in [0.29, 0.717) is 5.92 Å². The van der Waals surface area contributed by atoms with Crippen LogP contribution in [0.15, 0.2) is 6.20 Å². The number of aryl methyl sites for hydroxylation is 1. The van der Waals surface area contributed by atoms with Gasteiger partial charge in [0.25, 0.3) is 6.01 Å². The Morgan fingerprint density at radius 3 is 3.08 bits per heavy atom. The minimum Gasteiger partial charge on any atom is -0.465 e. The molecule has 0 spiro atoms. The molecule has 0 radical (unpaired) electrons. The zero-order chi connectivity index (χ0) is 8.55. The Morgan fingerprint density at radius 1 is 1.58 bits per heavy atom. The van der Waals surface area contributed by atoms with Gasteiger partial charge in [0, 0.05) is 12.7 Å². The van der Waals surface area contributed by atoms with Crippen LogP contribution in [0.2, 0.25) is 0 Å². The first kappa shape index (κ1) is 7.65.